The van der Waals surface area contributed by atoms with E-state index in [0.29, 0.717) is 0 Å². The third-order valence-electron chi connectivity index (χ3n) is 3.96. The number of hydrogen-bond acceptors (Lipinski definition) is 3. The van der Waals surface area contributed by atoms with Gasteiger partial charge in [0.1, 0.15) is 0 Å². The van der Waals surface area contributed by atoms with Gasteiger partial charge in [-0.3, -0.25) is 0 Å². The molecule has 0 aromatic heterocycles. The molecular formula is C17H28N2O. The summed E-state index contributed by atoms with van der Waals surface area (Å²) in [6.07, 6.45) is 1.70. The summed E-state index contributed by atoms with van der Waals surface area (Å²) in [5.74, 6) is 0. The van der Waals surface area contributed by atoms with Crippen molar-refractivity contribution in [2.45, 2.75) is 58.2 Å². The van der Waals surface area contributed by atoms with Crippen molar-refractivity contribution in [2.75, 3.05) is 18.0 Å². The van der Waals surface area contributed by atoms with Gasteiger partial charge < -0.3 is 15.3 Å². The maximum atomic E-state index is 9.99. The van der Waals surface area contributed by atoms with Crippen LogP contribution in [0.4, 0.5) is 5.69 Å². The normalized spacial score (nSPS) is 19.1. The second-order valence-electron chi connectivity index (χ2n) is 7.25. The molecule has 20 heavy (non-hydrogen) atoms. The second-order valence-corrected chi connectivity index (χ2v) is 7.25. The van der Waals surface area contributed by atoms with E-state index in [2.05, 4.69) is 55.3 Å². The number of rotatable bonds is 3. The summed E-state index contributed by atoms with van der Waals surface area (Å²) in [4.78, 5) is 2.36. The van der Waals surface area contributed by atoms with Crippen molar-refractivity contribution in [2.24, 2.45) is 0 Å². The highest BCUT2D eigenvalue weighted by atomic mass is 16.3. The minimum Gasteiger partial charge on any atom is -0.390 e. The van der Waals surface area contributed by atoms with Gasteiger partial charge in [0.05, 0.1) is 5.60 Å². The van der Waals surface area contributed by atoms with Crippen LogP contribution in [0.3, 0.4) is 0 Å². The molecule has 1 fully saturated rings. The smallest absolute Gasteiger partial charge is 0.0653 e. The molecule has 0 saturated carbocycles. The van der Waals surface area contributed by atoms with Crippen LogP contribution in [-0.2, 0) is 6.54 Å². The molecular weight excluding hydrogens is 248 g/mol. The summed E-state index contributed by atoms with van der Waals surface area (Å²) >= 11 is 0. The quantitative estimate of drug-likeness (QED) is 0.891. The molecule has 3 heteroatoms. The molecule has 1 aliphatic heterocycles. The molecule has 0 amide bonds. The van der Waals surface area contributed by atoms with E-state index in [4.69, 9.17) is 0 Å². The highest BCUT2D eigenvalue weighted by Gasteiger charge is 2.27. The van der Waals surface area contributed by atoms with Gasteiger partial charge in [0.25, 0.3) is 0 Å². The van der Waals surface area contributed by atoms with Gasteiger partial charge in [0.15, 0.2) is 0 Å². The van der Waals surface area contributed by atoms with Crippen LogP contribution in [0.2, 0.25) is 0 Å². The van der Waals surface area contributed by atoms with Crippen molar-refractivity contribution in [1.29, 1.82) is 0 Å². The summed E-state index contributed by atoms with van der Waals surface area (Å²) in [5, 5.41) is 13.5. The molecule has 2 N–H and O–H groups in total. The van der Waals surface area contributed by atoms with Crippen LogP contribution in [0.5, 0.6) is 0 Å². The van der Waals surface area contributed by atoms with E-state index in [-0.39, 0.29) is 5.54 Å². The van der Waals surface area contributed by atoms with Crippen molar-refractivity contribution in [1.82, 2.24) is 5.32 Å². The first-order valence-electron chi connectivity index (χ1n) is 7.57. The van der Waals surface area contributed by atoms with Gasteiger partial charge in [-0.25, -0.2) is 0 Å². The van der Waals surface area contributed by atoms with Crippen molar-refractivity contribution in [3.63, 3.8) is 0 Å². The fourth-order valence-electron chi connectivity index (χ4n) is 2.44. The summed E-state index contributed by atoms with van der Waals surface area (Å²) in [6, 6.07) is 8.78. The molecule has 0 aliphatic carbocycles. The summed E-state index contributed by atoms with van der Waals surface area (Å²) in [6.45, 7) is 11.3. The molecule has 1 aromatic rings. The van der Waals surface area contributed by atoms with Crippen LogP contribution >= 0.6 is 0 Å². The Morgan fingerprint density at radius 3 is 2.20 bits per heavy atom. The molecule has 0 unspecified atom stereocenters. The summed E-state index contributed by atoms with van der Waals surface area (Å²) in [5.41, 5.74) is 2.25. The highest BCUT2D eigenvalue weighted by Crippen LogP contribution is 2.26. The van der Waals surface area contributed by atoms with Gasteiger partial charge >= 0.3 is 0 Å². The fraction of sp³-hybridized carbons (Fsp3) is 0.647. The Morgan fingerprint density at radius 1 is 1.15 bits per heavy atom. The Morgan fingerprint density at radius 2 is 1.70 bits per heavy atom. The molecule has 0 atom stereocenters. The molecule has 112 valence electrons. The summed E-state index contributed by atoms with van der Waals surface area (Å²) < 4.78 is 0. The lowest BCUT2D eigenvalue weighted by molar-refractivity contribution is 0.0351. The van der Waals surface area contributed by atoms with Crippen LogP contribution in [0.25, 0.3) is 0 Å². The molecule has 0 bridgehead atoms. The van der Waals surface area contributed by atoms with E-state index < -0.39 is 5.60 Å². The van der Waals surface area contributed by atoms with Crippen LogP contribution in [0.15, 0.2) is 24.3 Å². The SMILES string of the molecule is CC1(O)CCN(c2ccc(CNC(C)(C)C)cc2)CC1. The predicted octanol–water partition coefficient (Wildman–Crippen LogP) is 2.93. The molecule has 0 radical (unpaired) electrons. The van der Waals surface area contributed by atoms with Crippen LogP contribution in [0.1, 0.15) is 46.1 Å². The van der Waals surface area contributed by atoms with Gasteiger partial charge in [-0.2, -0.15) is 0 Å². The molecule has 3 nitrogen and oxygen atoms in total. The van der Waals surface area contributed by atoms with Crippen molar-refractivity contribution in [3.05, 3.63) is 29.8 Å². The van der Waals surface area contributed by atoms with E-state index >= 15 is 0 Å². The second kappa shape index (κ2) is 5.74. The monoisotopic (exact) mass is 276 g/mol. The first-order chi connectivity index (χ1) is 9.25. The number of piperidine rings is 1. The maximum Gasteiger partial charge on any atom is 0.0653 e. The number of nitrogens with one attached hydrogen (secondary N) is 1. The molecule has 1 saturated heterocycles. The zero-order chi connectivity index (χ0) is 14.8. The zero-order valence-corrected chi connectivity index (χ0v) is 13.2. The predicted molar refractivity (Wildman–Crippen MR) is 85.1 cm³/mol. The van der Waals surface area contributed by atoms with Crippen molar-refractivity contribution < 1.29 is 5.11 Å². The van der Waals surface area contributed by atoms with E-state index in [0.717, 1.165) is 32.5 Å². The van der Waals surface area contributed by atoms with Crippen molar-refractivity contribution >= 4 is 5.69 Å². The zero-order valence-electron chi connectivity index (χ0n) is 13.2. The van der Waals surface area contributed by atoms with Gasteiger partial charge in [-0.15, -0.1) is 0 Å². The van der Waals surface area contributed by atoms with E-state index in [1.165, 1.54) is 11.3 Å². The Hall–Kier alpha value is -1.06. The minimum atomic E-state index is -0.479. The van der Waals surface area contributed by atoms with Crippen LogP contribution in [0, 0.1) is 0 Å². The van der Waals surface area contributed by atoms with E-state index in [1.807, 2.05) is 6.92 Å². The standard InChI is InChI=1S/C17H28N2O/c1-16(2,3)18-13-14-5-7-15(8-6-14)19-11-9-17(4,20)10-12-19/h5-8,18,20H,9-13H2,1-4H3. The van der Waals surface area contributed by atoms with E-state index in [9.17, 15) is 5.11 Å². The van der Waals surface area contributed by atoms with Gasteiger partial charge in [-0.05, 0) is 58.2 Å². The number of anilines is 1. The molecule has 1 aliphatic rings. The lowest BCUT2D eigenvalue weighted by Gasteiger charge is -2.37. The van der Waals surface area contributed by atoms with Crippen LogP contribution in [-0.4, -0.2) is 29.3 Å². The average molecular weight is 276 g/mol. The Balaban J connectivity index is 1.92. The van der Waals surface area contributed by atoms with Gasteiger partial charge in [0, 0.05) is 30.9 Å². The lowest BCUT2D eigenvalue weighted by Crippen LogP contribution is -2.42. The van der Waals surface area contributed by atoms with Crippen molar-refractivity contribution in [3.8, 4) is 0 Å². The number of aliphatic hydroxyl groups is 1. The Bertz CT molecular complexity index is 421. The first kappa shape index (κ1) is 15.3. The largest absolute Gasteiger partial charge is 0.390 e. The summed E-state index contributed by atoms with van der Waals surface area (Å²) in [7, 11) is 0. The van der Waals surface area contributed by atoms with Crippen LogP contribution < -0.4 is 10.2 Å². The molecule has 2 rings (SSSR count). The van der Waals surface area contributed by atoms with Gasteiger partial charge in [0.2, 0.25) is 0 Å². The average Bonchev–Trinajstić information content (AvgIpc) is 2.36. The van der Waals surface area contributed by atoms with E-state index in [1.54, 1.807) is 0 Å². The molecule has 0 spiro atoms. The van der Waals surface area contributed by atoms with Gasteiger partial charge in [-0.1, -0.05) is 12.1 Å². The Kier molecular flexibility index (Phi) is 4.40. The number of nitrogens with zero attached hydrogens (tertiary/aromatic N) is 1. The molecule has 1 aromatic carbocycles. The Labute approximate surface area is 123 Å². The maximum absolute atomic E-state index is 9.99. The topological polar surface area (TPSA) is 35.5 Å². The fourth-order valence-corrected chi connectivity index (χ4v) is 2.44. The number of hydrogen-bond donors (Lipinski definition) is 2. The lowest BCUT2D eigenvalue weighted by atomic mass is 9.93. The third kappa shape index (κ3) is 4.50. The third-order valence-corrected chi connectivity index (χ3v) is 3.96. The first-order valence-corrected chi connectivity index (χ1v) is 7.57. The minimum absolute atomic E-state index is 0.150. The highest BCUT2D eigenvalue weighted by molar-refractivity contribution is 5.48. The number of benzene rings is 1. The molecule has 1 heterocycles.